The van der Waals surface area contributed by atoms with Gasteiger partial charge in [0.05, 0.1) is 5.25 Å². The molecule has 0 radical (unpaired) electrons. The van der Waals surface area contributed by atoms with E-state index in [0.29, 0.717) is 6.42 Å². The molecule has 0 bridgehead atoms. The van der Waals surface area contributed by atoms with Gasteiger partial charge < -0.3 is 4.18 Å². The highest BCUT2D eigenvalue weighted by molar-refractivity contribution is 7.87. The van der Waals surface area contributed by atoms with Crippen LogP contribution in [0.4, 0.5) is 0 Å². The third-order valence-electron chi connectivity index (χ3n) is 1.25. The van der Waals surface area contributed by atoms with Crippen molar-refractivity contribution in [3.8, 4) is 0 Å². The molecule has 0 spiro atoms. The van der Waals surface area contributed by atoms with E-state index in [1.165, 1.54) is 6.26 Å². The molecule has 52 valence electrons. The molecule has 0 aromatic heterocycles. The highest BCUT2D eigenvalue weighted by Gasteiger charge is 2.22. The van der Waals surface area contributed by atoms with Crippen LogP contribution in [-0.4, -0.2) is 13.7 Å². The van der Waals surface area contributed by atoms with Crippen LogP contribution in [0.2, 0.25) is 0 Å². The van der Waals surface area contributed by atoms with E-state index < -0.39 is 10.1 Å². The Hall–Kier alpha value is -0.510. The third kappa shape index (κ3) is 1.24. The summed E-state index contributed by atoms with van der Waals surface area (Å²) in [6, 6.07) is 0. The first kappa shape index (κ1) is 6.61. The van der Waals surface area contributed by atoms with Crippen LogP contribution in [0.15, 0.2) is 12.3 Å². The van der Waals surface area contributed by atoms with Gasteiger partial charge in [0, 0.05) is 0 Å². The summed E-state index contributed by atoms with van der Waals surface area (Å²) in [6.45, 7) is 1.62. The van der Waals surface area contributed by atoms with Gasteiger partial charge in [0.25, 0.3) is 0 Å². The predicted molar refractivity (Wildman–Crippen MR) is 33.2 cm³/mol. The van der Waals surface area contributed by atoms with E-state index in [-0.39, 0.29) is 5.25 Å². The lowest BCUT2D eigenvalue weighted by Crippen LogP contribution is -2.20. The van der Waals surface area contributed by atoms with E-state index >= 15 is 0 Å². The van der Waals surface area contributed by atoms with E-state index in [1.54, 1.807) is 13.0 Å². The number of hydrogen-bond donors (Lipinski definition) is 0. The Morgan fingerprint density at radius 2 is 2.33 bits per heavy atom. The van der Waals surface area contributed by atoms with Gasteiger partial charge in [-0.3, -0.25) is 0 Å². The summed E-state index contributed by atoms with van der Waals surface area (Å²) in [4.78, 5) is 0. The largest absolute Gasteiger partial charge is 0.391 e. The Morgan fingerprint density at radius 1 is 1.67 bits per heavy atom. The summed E-state index contributed by atoms with van der Waals surface area (Å²) in [5.74, 6) is 0. The van der Waals surface area contributed by atoms with Crippen LogP contribution >= 0.6 is 0 Å². The minimum Gasteiger partial charge on any atom is -0.391 e. The number of rotatable bonds is 0. The van der Waals surface area contributed by atoms with Gasteiger partial charge in [0.2, 0.25) is 0 Å². The molecular weight excluding hydrogens is 140 g/mol. The summed E-state index contributed by atoms with van der Waals surface area (Å²) in [5, 5.41) is -0.387. The van der Waals surface area contributed by atoms with E-state index in [4.69, 9.17) is 0 Å². The van der Waals surface area contributed by atoms with Crippen molar-refractivity contribution < 1.29 is 12.6 Å². The predicted octanol–water partition coefficient (Wildman–Crippen LogP) is 0.639. The summed E-state index contributed by atoms with van der Waals surface area (Å²) < 4.78 is 25.8. The molecule has 0 aromatic rings. The molecule has 0 aromatic carbocycles. The number of hydrogen-bond acceptors (Lipinski definition) is 3. The van der Waals surface area contributed by atoms with Crippen molar-refractivity contribution in [3.63, 3.8) is 0 Å². The van der Waals surface area contributed by atoms with Gasteiger partial charge in [-0.2, -0.15) is 8.42 Å². The average molecular weight is 148 g/mol. The third-order valence-corrected chi connectivity index (χ3v) is 2.80. The minimum absolute atomic E-state index is 0.387. The van der Waals surface area contributed by atoms with Crippen LogP contribution in [0.1, 0.15) is 13.3 Å². The van der Waals surface area contributed by atoms with Gasteiger partial charge in [-0.15, -0.1) is 0 Å². The summed E-state index contributed by atoms with van der Waals surface area (Å²) in [7, 11) is -3.25. The monoisotopic (exact) mass is 148 g/mol. The normalized spacial score (nSPS) is 31.4. The second-order valence-electron chi connectivity index (χ2n) is 2.01. The Bertz CT molecular complexity index is 214. The lowest BCUT2D eigenvalue weighted by Gasteiger charge is -2.12. The van der Waals surface area contributed by atoms with Gasteiger partial charge in [0.1, 0.15) is 6.26 Å². The molecule has 1 rings (SSSR count). The summed E-state index contributed by atoms with van der Waals surface area (Å²) in [6.07, 6.45) is 3.48. The lowest BCUT2D eigenvalue weighted by atomic mass is 10.3. The van der Waals surface area contributed by atoms with Crippen molar-refractivity contribution in [2.75, 3.05) is 0 Å². The standard InChI is InChI=1S/C5H8O3S/c1-5-3-2-4-8-9(5,6)7/h2,4-5H,3H2,1H3. The fourth-order valence-electron chi connectivity index (χ4n) is 0.577. The molecule has 3 nitrogen and oxygen atoms in total. The fourth-order valence-corrected chi connectivity index (χ4v) is 1.35. The maximum Gasteiger partial charge on any atom is 0.311 e. The van der Waals surface area contributed by atoms with E-state index in [9.17, 15) is 8.42 Å². The minimum atomic E-state index is -3.25. The molecule has 1 atom stereocenters. The van der Waals surface area contributed by atoms with Gasteiger partial charge in [0.15, 0.2) is 0 Å². The SMILES string of the molecule is CC1CC=COS1(=O)=O. The molecule has 1 aliphatic rings. The van der Waals surface area contributed by atoms with Crippen LogP contribution in [0.5, 0.6) is 0 Å². The second kappa shape index (κ2) is 2.02. The zero-order valence-electron chi connectivity index (χ0n) is 5.07. The first-order chi connectivity index (χ1) is 4.13. The van der Waals surface area contributed by atoms with Crippen molar-refractivity contribution in [2.45, 2.75) is 18.6 Å². The molecule has 1 heterocycles. The van der Waals surface area contributed by atoms with Gasteiger partial charge in [-0.25, -0.2) is 0 Å². The molecule has 0 saturated heterocycles. The Morgan fingerprint density at radius 3 is 2.67 bits per heavy atom. The Labute approximate surface area is 54.5 Å². The molecule has 0 amide bonds. The van der Waals surface area contributed by atoms with E-state index in [2.05, 4.69) is 4.18 Å². The van der Waals surface area contributed by atoms with Crippen molar-refractivity contribution in [2.24, 2.45) is 0 Å². The van der Waals surface area contributed by atoms with E-state index in [0.717, 1.165) is 0 Å². The molecule has 0 saturated carbocycles. The highest BCUT2D eigenvalue weighted by Crippen LogP contribution is 2.13. The molecule has 0 aliphatic carbocycles. The maximum absolute atomic E-state index is 10.7. The van der Waals surface area contributed by atoms with Gasteiger partial charge in [-0.1, -0.05) is 0 Å². The first-order valence-corrected chi connectivity index (χ1v) is 4.17. The van der Waals surface area contributed by atoms with Crippen LogP contribution in [0.3, 0.4) is 0 Å². The van der Waals surface area contributed by atoms with Crippen molar-refractivity contribution in [1.82, 2.24) is 0 Å². The summed E-state index contributed by atoms with van der Waals surface area (Å²) in [5.41, 5.74) is 0. The highest BCUT2D eigenvalue weighted by atomic mass is 32.2. The molecule has 0 N–H and O–H groups in total. The zero-order chi connectivity index (χ0) is 6.91. The Balaban J connectivity index is 2.90. The molecule has 9 heavy (non-hydrogen) atoms. The zero-order valence-corrected chi connectivity index (χ0v) is 5.89. The molecule has 0 fully saturated rings. The van der Waals surface area contributed by atoms with Crippen LogP contribution in [0, 0.1) is 0 Å². The van der Waals surface area contributed by atoms with E-state index in [1.807, 2.05) is 0 Å². The van der Waals surface area contributed by atoms with Crippen molar-refractivity contribution in [1.29, 1.82) is 0 Å². The number of allylic oxidation sites excluding steroid dienone is 1. The molecular formula is C5H8O3S. The van der Waals surface area contributed by atoms with Crippen LogP contribution in [-0.2, 0) is 14.3 Å². The smallest absolute Gasteiger partial charge is 0.311 e. The first-order valence-electron chi connectivity index (χ1n) is 2.70. The lowest BCUT2D eigenvalue weighted by molar-refractivity contribution is 0.421. The quantitative estimate of drug-likeness (QED) is 0.473. The van der Waals surface area contributed by atoms with Crippen LogP contribution in [0.25, 0.3) is 0 Å². The fraction of sp³-hybridized carbons (Fsp3) is 0.600. The average Bonchev–Trinajstić information content (AvgIpc) is 1.77. The maximum atomic E-state index is 10.7. The second-order valence-corrected chi connectivity index (χ2v) is 3.99. The summed E-state index contributed by atoms with van der Waals surface area (Å²) >= 11 is 0. The molecule has 4 heteroatoms. The van der Waals surface area contributed by atoms with Crippen LogP contribution < -0.4 is 0 Å². The van der Waals surface area contributed by atoms with Crippen molar-refractivity contribution >= 4 is 10.1 Å². The molecule has 1 aliphatic heterocycles. The Kier molecular flexibility index (Phi) is 1.48. The van der Waals surface area contributed by atoms with Crippen molar-refractivity contribution in [3.05, 3.63) is 12.3 Å². The van der Waals surface area contributed by atoms with Gasteiger partial charge in [-0.05, 0) is 19.4 Å². The van der Waals surface area contributed by atoms with Gasteiger partial charge >= 0.3 is 10.1 Å². The topological polar surface area (TPSA) is 43.4 Å². The molecule has 1 unspecified atom stereocenters.